The van der Waals surface area contributed by atoms with Gasteiger partial charge in [-0.05, 0) is 107 Å². The van der Waals surface area contributed by atoms with Crippen molar-refractivity contribution >= 4 is 34.4 Å². The number of hydrogen-bond donors (Lipinski definition) is 0. The molecule has 0 bridgehead atoms. The molecule has 292 valence electrons. The van der Waals surface area contributed by atoms with Gasteiger partial charge in [-0.1, -0.05) is 60.1 Å². The van der Waals surface area contributed by atoms with Crippen LogP contribution in [-0.2, 0) is 0 Å². The normalized spacial score (nSPS) is 12.8. The van der Waals surface area contributed by atoms with Crippen molar-refractivity contribution < 1.29 is 19.2 Å². The van der Waals surface area contributed by atoms with Gasteiger partial charge in [0.25, 0.3) is 23.6 Å². The monoisotopic (exact) mass is 802 g/mol. The van der Waals surface area contributed by atoms with Crippen LogP contribution in [0.4, 0.5) is 0 Å². The van der Waals surface area contributed by atoms with Crippen LogP contribution >= 0.6 is 0 Å². The van der Waals surface area contributed by atoms with Crippen LogP contribution in [-0.4, -0.2) is 67.5 Å². The lowest BCUT2D eigenvalue weighted by atomic mass is 9.79. The quantitative estimate of drug-likeness (QED) is 0.129. The highest BCUT2D eigenvalue weighted by Crippen LogP contribution is 2.45. The Morgan fingerprint density at radius 1 is 0.371 bits per heavy atom. The first-order valence-corrected chi connectivity index (χ1v) is 19.6. The van der Waals surface area contributed by atoms with Gasteiger partial charge in [-0.2, -0.15) is 0 Å². The van der Waals surface area contributed by atoms with Crippen molar-refractivity contribution in [1.82, 2.24) is 29.7 Å². The lowest BCUT2D eigenvalue weighted by molar-refractivity contribution is 0.0630. The molecule has 0 atom stereocenters. The zero-order valence-electron chi connectivity index (χ0n) is 33.2. The third-order valence-electron chi connectivity index (χ3n) is 11.0. The van der Waals surface area contributed by atoms with Crippen LogP contribution in [0.1, 0.15) is 63.7 Å². The minimum Gasteiger partial charge on any atom is -0.277 e. The molecule has 4 amide bonds. The number of nitrogens with zero attached hydrogens (tertiary/aromatic N) is 6. The number of hydrogen-bond acceptors (Lipinski definition) is 8. The van der Waals surface area contributed by atoms with Gasteiger partial charge in [0.15, 0.2) is 0 Å². The number of carbonyl (C=O) groups is 4. The molecule has 2 aliphatic heterocycles. The second-order valence-electron chi connectivity index (χ2n) is 14.7. The van der Waals surface area contributed by atoms with Gasteiger partial charge < -0.3 is 0 Å². The smallest absolute Gasteiger partial charge is 0.261 e. The summed E-state index contributed by atoms with van der Waals surface area (Å²) in [6.07, 6.45) is 6.82. The van der Waals surface area contributed by atoms with Gasteiger partial charge in [0.1, 0.15) is 0 Å². The molecule has 0 fully saturated rings. The Balaban J connectivity index is 1.04. The number of amides is 4. The molecule has 6 heterocycles. The number of carbonyl (C=O) groups excluding carboxylic acids is 4. The molecule has 0 unspecified atom stereocenters. The Hall–Kier alpha value is -8.86. The van der Waals surface area contributed by atoms with E-state index in [2.05, 4.69) is 43.6 Å². The lowest BCUT2D eigenvalue weighted by Gasteiger charge is -2.32. The van der Waals surface area contributed by atoms with Gasteiger partial charge in [-0.25, -0.2) is 0 Å². The SMILES string of the molecule is CN1C(=O)c2cc(-c3ccc(C#Cc4ccnc(-c5ccccn5)c4)cc3)c3c4c(cc(-c5ccc(C#Cc6ccnc(-c7ccccn7)c6)cc5)c(c24)C1=O)C(=O)N(C)C3=O. The summed E-state index contributed by atoms with van der Waals surface area (Å²) in [6.45, 7) is 0. The Labute approximate surface area is 355 Å². The van der Waals surface area contributed by atoms with Crippen molar-refractivity contribution in [2.75, 3.05) is 14.1 Å². The van der Waals surface area contributed by atoms with E-state index >= 15 is 0 Å². The van der Waals surface area contributed by atoms with Crippen LogP contribution in [0.3, 0.4) is 0 Å². The predicted molar refractivity (Wildman–Crippen MR) is 235 cm³/mol. The van der Waals surface area contributed by atoms with Gasteiger partial charge in [0, 0.05) is 83.0 Å². The molecular formula is C52H30N6O4. The predicted octanol–water partition coefficient (Wildman–Crippen LogP) is 8.34. The summed E-state index contributed by atoms with van der Waals surface area (Å²) in [5.41, 5.74) is 9.02. The Kier molecular flexibility index (Phi) is 9.09. The molecule has 0 radical (unpaired) electrons. The van der Waals surface area contributed by atoms with E-state index in [9.17, 15) is 19.2 Å². The van der Waals surface area contributed by atoms with Crippen molar-refractivity contribution in [3.8, 4) is 68.7 Å². The maximum absolute atomic E-state index is 14.1. The summed E-state index contributed by atoms with van der Waals surface area (Å²) in [4.78, 5) is 76.0. The Bertz CT molecular complexity index is 3120. The van der Waals surface area contributed by atoms with Gasteiger partial charge in [-0.15, -0.1) is 0 Å². The van der Waals surface area contributed by atoms with E-state index in [4.69, 9.17) is 0 Å². The van der Waals surface area contributed by atoms with Crippen molar-refractivity contribution in [3.63, 3.8) is 0 Å². The van der Waals surface area contributed by atoms with E-state index in [1.54, 1.807) is 36.9 Å². The summed E-state index contributed by atoms with van der Waals surface area (Å²) in [5.74, 6) is 10.6. The molecular weight excluding hydrogens is 773 g/mol. The summed E-state index contributed by atoms with van der Waals surface area (Å²) >= 11 is 0. The first-order valence-electron chi connectivity index (χ1n) is 19.6. The van der Waals surface area contributed by atoms with Crippen LogP contribution in [0.5, 0.6) is 0 Å². The minimum atomic E-state index is -0.532. The van der Waals surface area contributed by atoms with Crippen LogP contribution in [0.2, 0.25) is 0 Å². The van der Waals surface area contributed by atoms with Crippen molar-refractivity contribution in [3.05, 3.63) is 191 Å². The van der Waals surface area contributed by atoms with Gasteiger partial charge in [0.05, 0.1) is 33.9 Å². The second-order valence-corrected chi connectivity index (χ2v) is 14.7. The number of benzene rings is 4. The highest BCUT2D eigenvalue weighted by Gasteiger charge is 2.41. The van der Waals surface area contributed by atoms with Crippen molar-refractivity contribution in [2.24, 2.45) is 0 Å². The zero-order valence-corrected chi connectivity index (χ0v) is 33.2. The van der Waals surface area contributed by atoms with Crippen LogP contribution in [0.15, 0.2) is 146 Å². The molecule has 62 heavy (non-hydrogen) atoms. The maximum atomic E-state index is 14.1. The number of rotatable bonds is 4. The van der Waals surface area contributed by atoms with E-state index in [0.717, 1.165) is 43.4 Å². The highest BCUT2D eigenvalue weighted by atomic mass is 16.2. The topological polar surface area (TPSA) is 126 Å². The van der Waals surface area contributed by atoms with E-state index in [1.807, 2.05) is 109 Å². The molecule has 10 rings (SSSR count). The fourth-order valence-corrected chi connectivity index (χ4v) is 7.83. The summed E-state index contributed by atoms with van der Waals surface area (Å²) in [5, 5.41) is 0.573. The number of imide groups is 2. The Morgan fingerprint density at radius 2 is 0.758 bits per heavy atom. The van der Waals surface area contributed by atoms with Crippen LogP contribution < -0.4 is 0 Å². The third kappa shape index (κ3) is 6.45. The van der Waals surface area contributed by atoms with Crippen LogP contribution in [0, 0.1) is 23.7 Å². The fourth-order valence-electron chi connectivity index (χ4n) is 7.83. The highest BCUT2D eigenvalue weighted by molar-refractivity contribution is 6.36. The molecule has 0 N–H and O–H groups in total. The Morgan fingerprint density at radius 3 is 1.15 bits per heavy atom. The van der Waals surface area contributed by atoms with Gasteiger partial charge >= 0.3 is 0 Å². The van der Waals surface area contributed by atoms with E-state index in [0.29, 0.717) is 33.6 Å². The van der Waals surface area contributed by atoms with Gasteiger partial charge in [0.2, 0.25) is 0 Å². The number of aromatic nitrogens is 4. The fraction of sp³-hybridized carbons (Fsp3) is 0.0385. The molecule has 2 aliphatic rings. The van der Waals surface area contributed by atoms with E-state index < -0.39 is 23.6 Å². The molecule has 4 aromatic carbocycles. The molecule has 0 saturated carbocycles. The summed E-state index contributed by atoms with van der Waals surface area (Å²) in [7, 11) is 2.88. The molecule has 4 aromatic heterocycles. The summed E-state index contributed by atoms with van der Waals surface area (Å²) < 4.78 is 0. The first kappa shape index (κ1) is 37.4. The minimum absolute atomic E-state index is 0.222. The van der Waals surface area contributed by atoms with E-state index in [1.165, 1.54) is 14.1 Å². The van der Waals surface area contributed by atoms with Gasteiger partial charge in [-0.3, -0.25) is 48.9 Å². The molecule has 0 saturated heterocycles. The third-order valence-corrected chi connectivity index (χ3v) is 11.0. The average molecular weight is 803 g/mol. The number of pyridine rings is 4. The molecule has 0 spiro atoms. The average Bonchev–Trinajstić information content (AvgIpc) is 3.33. The van der Waals surface area contributed by atoms with Crippen LogP contribution in [0.25, 0.3) is 55.8 Å². The molecule has 10 heteroatoms. The molecule has 8 aromatic rings. The van der Waals surface area contributed by atoms with Crippen molar-refractivity contribution in [2.45, 2.75) is 0 Å². The largest absolute Gasteiger partial charge is 0.277 e. The standard InChI is InChI=1S/C52H30N6O4/c1-57-49(59)39-29-38(36-19-15-32(16-20-36)10-12-34-22-26-56-44(28-34)42-8-4-6-24-54-42)48-46-40(50(60)58(2)52(48)62)30-37(47(45(39)46)51(57)61)35-17-13-31(14-18-35)9-11-33-21-25-55-43(27-33)41-7-3-5-23-53-41/h3-8,13-30H,1-2H3. The molecule has 10 nitrogen and oxygen atoms in total. The lowest BCUT2D eigenvalue weighted by Crippen LogP contribution is -2.41. The first-order chi connectivity index (χ1) is 30.2. The zero-order chi connectivity index (χ0) is 42.5. The maximum Gasteiger partial charge on any atom is 0.261 e. The summed E-state index contributed by atoms with van der Waals surface area (Å²) in [6, 6.07) is 36.7. The van der Waals surface area contributed by atoms with E-state index in [-0.39, 0.29) is 33.0 Å². The van der Waals surface area contributed by atoms with Crippen molar-refractivity contribution in [1.29, 1.82) is 0 Å². The second kappa shape index (κ2) is 15.1. The molecule has 0 aliphatic carbocycles.